The van der Waals surface area contributed by atoms with Crippen molar-refractivity contribution in [1.82, 2.24) is 10.3 Å². The van der Waals surface area contributed by atoms with E-state index < -0.39 is 0 Å². The fraction of sp³-hybridized carbons (Fsp3) is 0.722. The molecule has 1 unspecified atom stereocenters. The van der Waals surface area contributed by atoms with Crippen molar-refractivity contribution >= 4 is 5.82 Å². The van der Waals surface area contributed by atoms with E-state index >= 15 is 0 Å². The molecule has 0 spiro atoms. The topological polar surface area (TPSA) is 28.2 Å². The van der Waals surface area contributed by atoms with Crippen molar-refractivity contribution in [3.63, 3.8) is 0 Å². The standard InChI is InChI=1S/C18H29N3/c1-18(2,3)14-7-10-17(20-12-14)21(16-8-9-16)13-15-6-4-5-11-19-15/h7,10,12,15-16,19H,4-6,8-9,11,13H2,1-3H3. The molecule has 3 rings (SSSR count). The number of pyridine rings is 1. The molecule has 1 aromatic heterocycles. The van der Waals surface area contributed by atoms with Crippen LogP contribution in [0.25, 0.3) is 0 Å². The van der Waals surface area contributed by atoms with Crippen LogP contribution in [0.1, 0.15) is 58.4 Å². The van der Waals surface area contributed by atoms with E-state index in [4.69, 9.17) is 4.98 Å². The molecular weight excluding hydrogens is 258 g/mol. The summed E-state index contributed by atoms with van der Waals surface area (Å²) in [5.41, 5.74) is 1.50. The number of aromatic nitrogens is 1. The molecule has 0 bridgehead atoms. The molecule has 1 aliphatic carbocycles. The summed E-state index contributed by atoms with van der Waals surface area (Å²) in [6.07, 6.45) is 8.73. The van der Waals surface area contributed by atoms with Crippen LogP contribution in [0.15, 0.2) is 18.3 Å². The molecule has 3 heteroatoms. The molecule has 2 heterocycles. The van der Waals surface area contributed by atoms with E-state index in [1.807, 2.05) is 0 Å². The van der Waals surface area contributed by atoms with Gasteiger partial charge in [0, 0.05) is 24.8 Å². The zero-order valence-corrected chi connectivity index (χ0v) is 13.7. The summed E-state index contributed by atoms with van der Waals surface area (Å²) < 4.78 is 0. The number of rotatable bonds is 4. The van der Waals surface area contributed by atoms with Crippen LogP contribution < -0.4 is 10.2 Å². The van der Waals surface area contributed by atoms with E-state index in [9.17, 15) is 0 Å². The highest BCUT2D eigenvalue weighted by Crippen LogP contribution is 2.32. The maximum atomic E-state index is 4.77. The summed E-state index contributed by atoms with van der Waals surface area (Å²) in [6.45, 7) is 9.03. The van der Waals surface area contributed by atoms with E-state index in [0.29, 0.717) is 6.04 Å². The Morgan fingerprint density at radius 2 is 2.00 bits per heavy atom. The van der Waals surface area contributed by atoms with Gasteiger partial charge in [0.05, 0.1) is 0 Å². The highest BCUT2D eigenvalue weighted by atomic mass is 15.2. The highest BCUT2D eigenvalue weighted by Gasteiger charge is 2.32. The Bertz CT molecular complexity index is 450. The molecule has 2 aliphatic rings. The molecule has 0 amide bonds. The normalized spacial score (nSPS) is 23.1. The van der Waals surface area contributed by atoms with E-state index in [2.05, 4.69) is 49.3 Å². The second-order valence-electron chi connectivity index (χ2n) is 7.69. The number of anilines is 1. The van der Waals surface area contributed by atoms with Gasteiger partial charge in [0.2, 0.25) is 0 Å². The van der Waals surface area contributed by atoms with Gasteiger partial charge in [0.15, 0.2) is 0 Å². The van der Waals surface area contributed by atoms with Gasteiger partial charge in [-0.25, -0.2) is 4.98 Å². The van der Waals surface area contributed by atoms with Crippen LogP contribution in [-0.2, 0) is 5.41 Å². The van der Waals surface area contributed by atoms with Gasteiger partial charge < -0.3 is 10.2 Å². The van der Waals surface area contributed by atoms with E-state index in [1.54, 1.807) is 0 Å². The first-order chi connectivity index (χ1) is 10.0. The molecule has 0 radical (unpaired) electrons. The van der Waals surface area contributed by atoms with Crippen molar-refractivity contribution < 1.29 is 0 Å². The van der Waals surface area contributed by atoms with Gasteiger partial charge in [-0.2, -0.15) is 0 Å². The molecule has 1 N–H and O–H groups in total. The minimum Gasteiger partial charge on any atom is -0.352 e. The first kappa shape index (κ1) is 14.8. The molecular formula is C18H29N3. The smallest absolute Gasteiger partial charge is 0.128 e. The van der Waals surface area contributed by atoms with Gasteiger partial charge >= 0.3 is 0 Å². The summed E-state index contributed by atoms with van der Waals surface area (Å²) in [7, 11) is 0. The lowest BCUT2D eigenvalue weighted by Crippen LogP contribution is -2.44. The summed E-state index contributed by atoms with van der Waals surface area (Å²) in [4.78, 5) is 7.31. The third kappa shape index (κ3) is 3.76. The third-order valence-electron chi connectivity index (χ3n) is 4.73. The fourth-order valence-corrected chi connectivity index (χ4v) is 3.13. The van der Waals surface area contributed by atoms with Gasteiger partial charge in [-0.15, -0.1) is 0 Å². The van der Waals surface area contributed by atoms with Crippen LogP contribution in [0, 0.1) is 0 Å². The first-order valence-corrected chi connectivity index (χ1v) is 8.50. The van der Waals surface area contributed by atoms with Crippen molar-refractivity contribution in [2.75, 3.05) is 18.0 Å². The Morgan fingerprint density at radius 1 is 1.19 bits per heavy atom. The van der Waals surface area contributed by atoms with Crippen molar-refractivity contribution in [2.24, 2.45) is 0 Å². The lowest BCUT2D eigenvalue weighted by Gasteiger charge is -2.32. The van der Waals surface area contributed by atoms with Crippen molar-refractivity contribution in [1.29, 1.82) is 0 Å². The Hall–Kier alpha value is -1.09. The SMILES string of the molecule is CC(C)(C)c1ccc(N(CC2CCCCN2)C2CC2)nc1. The summed E-state index contributed by atoms with van der Waals surface area (Å²) in [5.74, 6) is 1.16. The van der Waals surface area contributed by atoms with Crippen molar-refractivity contribution in [3.8, 4) is 0 Å². The molecule has 1 aromatic rings. The minimum absolute atomic E-state index is 0.181. The summed E-state index contributed by atoms with van der Waals surface area (Å²) in [6, 6.07) is 5.85. The second-order valence-corrected chi connectivity index (χ2v) is 7.69. The van der Waals surface area contributed by atoms with E-state index in [-0.39, 0.29) is 5.41 Å². The maximum Gasteiger partial charge on any atom is 0.128 e. The Balaban J connectivity index is 1.71. The number of hydrogen-bond acceptors (Lipinski definition) is 3. The summed E-state index contributed by atoms with van der Waals surface area (Å²) in [5, 5.41) is 3.67. The number of nitrogens with one attached hydrogen (secondary N) is 1. The molecule has 116 valence electrons. The number of piperidine rings is 1. The first-order valence-electron chi connectivity index (χ1n) is 8.50. The molecule has 0 aromatic carbocycles. The Morgan fingerprint density at radius 3 is 2.52 bits per heavy atom. The molecule has 1 saturated carbocycles. The van der Waals surface area contributed by atoms with Crippen molar-refractivity contribution in [2.45, 2.75) is 70.4 Å². The lowest BCUT2D eigenvalue weighted by atomic mass is 9.88. The highest BCUT2D eigenvalue weighted by molar-refractivity contribution is 5.43. The second kappa shape index (κ2) is 5.96. The fourth-order valence-electron chi connectivity index (χ4n) is 3.13. The average Bonchev–Trinajstić information content (AvgIpc) is 3.30. The number of hydrogen-bond donors (Lipinski definition) is 1. The van der Waals surface area contributed by atoms with Crippen LogP contribution in [-0.4, -0.2) is 30.2 Å². The third-order valence-corrected chi connectivity index (χ3v) is 4.73. The molecule has 1 aliphatic heterocycles. The summed E-state index contributed by atoms with van der Waals surface area (Å²) >= 11 is 0. The van der Waals surface area contributed by atoms with Gasteiger partial charge in [-0.3, -0.25) is 0 Å². The quantitative estimate of drug-likeness (QED) is 0.919. The van der Waals surface area contributed by atoms with E-state index in [0.717, 1.165) is 18.4 Å². The lowest BCUT2D eigenvalue weighted by molar-refractivity contribution is 0.397. The maximum absolute atomic E-state index is 4.77. The molecule has 3 nitrogen and oxygen atoms in total. The molecule has 21 heavy (non-hydrogen) atoms. The van der Waals surface area contributed by atoms with E-state index in [1.165, 1.54) is 44.2 Å². The Kier molecular flexibility index (Phi) is 4.21. The predicted octanol–water partition coefficient (Wildman–Crippen LogP) is 3.49. The van der Waals surface area contributed by atoms with Crippen molar-refractivity contribution in [3.05, 3.63) is 23.9 Å². The van der Waals surface area contributed by atoms with Crippen LogP contribution in [0.4, 0.5) is 5.82 Å². The average molecular weight is 287 g/mol. The largest absolute Gasteiger partial charge is 0.352 e. The molecule has 1 atom stereocenters. The van der Waals surface area contributed by atoms with Gasteiger partial charge in [0.1, 0.15) is 5.82 Å². The van der Waals surface area contributed by atoms with Crippen LogP contribution >= 0.6 is 0 Å². The zero-order valence-electron chi connectivity index (χ0n) is 13.7. The predicted molar refractivity (Wildman–Crippen MR) is 88.9 cm³/mol. The Labute approximate surface area is 129 Å². The van der Waals surface area contributed by atoms with Crippen LogP contribution in [0.2, 0.25) is 0 Å². The van der Waals surface area contributed by atoms with Gasteiger partial charge in [0.25, 0.3) is 0 Å². The number of nitrogens with zero attached hydrogens (tertiary/aromatic N) is 2. The molecule has 1 saturated heterocycles. The van der Waals surface area contributed by atoms with Gasteiger partial charge in [-0.05, 0) is 49.3 Å². The zero-order chi connectivity index (χ0) is 14.9. The van der Waals surface area contributed by atoms with Crippen LogP contribution in [0.5, 0.6) is 0 Å². The monoisotopic (exact) mass is 287 g/mol. The molecule has 2 fully saturated rings. The van der Waals surface area contributed by atoms with Crippen LogP contribution in [0.3, 0.4) is 0 Å². The minimum atomic E-state index is 0.181. The van der Waals surface area contributed by atoms with Gasteiger partial charge in [-0.1, -0.05) is 33.3 Å².